The summed E-state index contributed by atoms with van der Waals surface area (Å²) in [7, 11) is 0. The van der Waals surface area contributed by atoms with Crippen LogP contribution in [0.15, 0.2) is 5.38 Å². The fraction of sp³-hybridized carbons (Fsp3) is 0.700. The van der Waals surface area contributed by atoms with E-state index in [0.717, 1.165) is 5.69 Å². The fourth-order valence-corrected chi connectivity index (χ4v) is 1.95. The highest BCUT2D eigenvalue weighted by molar-refractivity contribution is 7.09. The first kappa shape index (κ1) is 14.4. The molecule has 3 nitrogen and oxygen atoms in total. The summed E-state index contributed by atoms with van der Waals surface area (Å²) in [6.07, 6.45) is -3.71. The summed E-state index contributed by atoms with van der Waals surface area (Å²) in [5.41, 5.74) is 6.23. The maximum atomic E-state index is 11.8. The summed E-state index contributed by atoms with van der Waals surface area (Å²) >= 11 is 1.28. The Labute approximate surface area is 102 Å². The average molecular weight is 268 g/mol. The summed E-state index contributed by atoms with van der Waals surface area (Å²) in [6, 6.07) is 0. The van der Waals surface area contributed by atoms with Crippen molar-refractivity contribution in [2.24, 2.45) is 5.73 Å². The van der Waals surface area contributed by atoms with Gasteiger partial charge in [0, 0.05) is 17.3 Å². The molecule has 0 fully saturated rings. The third-order valence-electron chi connectivity index (χ3n) is 1.73. The zero-order valence-corrected chi connectivity index (χ0v) is 10.5. The molecule has 0 spiro atoms. The van der Waals surface area contributed by atoms with E-state index in [1.807, 2.05) is 13.8 Å². The lowest BCUT2D eigenvalue weighted by molar-refractivity contribution is -0.176. The second-order valence-corrected chi connectivity index (χ2v) is 5.45. The molecular weight excluding hydrogens is 253 g/mol. The topological polar surface area (TPSA) is 48.1 Å². The van der Waals surface area contributed by atoms with Gasteiger partial charge in [-0.1, -0.05) is 0 Å². The van der Waals surface area contributed by atoms with E-state index in [9.17, 15) is 13.2 Å². The predicted octanol–water partition coefficient (Wildman–Crippen LogP) is 2.50. The van der Waals surface area contributed by atoms with E-state index in [0.29, 0.717) is 11.4 Å². The number of hydrogen-bond acceptors (Lipinski definition) is 4. The van der Waals surface area contributed by atoms with Crippen LogP contribution in [0.4, 0.5) is 13.2 Å². The molecule has 1 aromatic heterocycles. The Morgan fingerprint density at radius 1 is 1.41 bits per heavy atom. The summed E-state index contributed by atoms with van der Waals surface area (Å²) in [5, 5.41) is 2.33. The molecule has 1 rings (SSSR count). The van der Waals surface area contributed by atoms with E-state index >= 15 is 0 Å². The monoisotopic (exact) mass is 268 g/mol. The van der Waals surface area contributed by atoms with Crippen molar-refractivity contribution >= 4 is 11.3 Å². The number of alkyl halides is 3. The lowest BCUT2D eigenvalue weighted by atomic mass is 10.0. The number of rotatable bonds is 5. The number of nitrogens with zero attached hydrogens (tertiary/aromatic N) is 1. The molecule has 0 aliphatic rings. The number of aromatic nitrogens is 1. The van der Waals surface area contributed by atoms with Crippen LogP contribution < -0.4 is 5.73 Å². The minimum atomic E-state index is -4.29. The SMILES string of the molecule is CC(C)(N)Cc1csc(COCC(F)(F)F)n1. The summed E-state index contributed by atoms with van der Waals surface area (Å²) in [5.74, 6) is 0. The third-order valence-corrected chi connectivity index (χ3v) is 2.60. The maximum Gasteiger partial charge on any atom is 0.411 e. The van der Waals surface area contributed by atoms with E-state index in [4.69, 9.17) is 5.73 Å². The lowest BCUT2D eigenvalue weighted by Crippen LogP contribution is -2.34. The van der Waals surface area contributed by atoms with Gasteiger partial charge in [-0.3, -0.25) is 0 Å². The molecule has 0 aromatic carbocycles. The van der Waals surface area contributed by atoms with Gasteiger partial charge in [0.2, 0.25) is 0 Å². The van der Waals surface area contributed by atoms with Crippen molar-refractivity contribution in [3.8, 4) is 0 Å². The van der Waals surface area contributed by atoms with E-state index in [1.165, 1.54) is 11.3 Å². The first-order valence-electron chi connectivity index (χ1n) is 5.02. The number of ether oxygens (including phenoxy) is 1. The van der Waals surface area contributed by atoms with Crippen LogP contribution in [0, 0.1) is 0 Å². The van der Waals surface area contributed by atoms with Crippen molar-refractivity contribution in [2.45, 2.75) is 38.6 Å². The van der Waals surface area contributed by atoms with Crippen LogP contribution in [-0.4, -0.2) is 23.3 Å². The molecule has 0 radical (unpaired) electrons. The molecule has 0 unspecified atom stereocenters. The Balaban J connectivity index is 2.41. The fourth-order valence-electron chi connectivity index (χ4n) is 1.22. The van der Waals surface area contributed by atoms with Crippen molar-refractivity contribution in [1.82, 2.24) is 4.98 Å². The van der Waals surface area contributed by atoms with Crippen LogP contribution in [0.3, 0.4) is 0 Å². The highest BCUT2D eigenvalue weighted by Gasteiger charge is 2.27. The third kappa shape index (κ3) is 6.60. The van der Waals surface area contributed by atoms with Crippen molar-refractivity contribution in [3.63, 3.8) is 0 Å². The van der Waals surface area contributed by atoms with Gasteiger partial charge in [-0.05, 0) is 13.8 Å². The molecule has 7 heteroatoms. The second-order valence-electron chi connectivity index (χ2n) is 4.51. The number of hydrogen-bond donors (Lipinski definition) is 1. The normalized spacial score (nSPS) is 13.1. The zero-order valence-electron chi connectivity index (χ0n) is 9.67. The highest BCUT2D eigenvalue weighted by Crippen LogP contribution is 2.18. The van der Waals surface area contributed by atoms with Gasteiger partial charge < -0.3 is 10.5 Å². The first-order chi connectivity index (χ1) is 7.66. The van der Waals surface area contributed by atoms with Crippen LogP contribution >= 0.6 is 11.3 Å². The highest BCUT2D eigenvalue weighted by atomic mass is 32.1. The van der Waals surface area contributed by atoms with Gasteiger partial charge in [0.05, 0.1) is 12.3 Å². The van der Waals surface area contributed by atoms with Crippen LogP contribution in [0.2, 0.25) is 0 Å². The smallest absolute Gasteiger partial charge is 0.365 e. The largest absolute Gasteiger partial charge is 0.411 e. The molecule has 1 aromatic rings. The van der Waals surface area contributed by atoms with Crippen LogP contribution in [0.5, 0.6) is 0 Å². The quantitative estimate of drug-likeness (QED) is 0.892. The Morgan fingerprint density at radius 3 is 2.59 bits per heavy atom. The van der Waals surface area contributed by atoms with Gasteiger partial charge in [-0.15, -0.1) is 11.3 Å². The second kappa shape index (κ2) is 5.32. The first-order valence-corrected chi connectivity index (χ1v) is 5.90. The Morgan fingerprint density at radius 2 is 2.06 bits per heavy atom. The van der Waals surface area contributed by atoms with Gasteiger partial charge in [0.1, 0.15) is 11.6 Å². The molecule has 2 N–H and O–H groups in total. The van der Waals surface area contributed by atoms with Crippen molar-refractivity contribution in [3.05, 3.63) is 16.1 Å². The average Bonchev–Trinajstić information content (AvgIpc) is 2.46. The molecule has 1 heterocycles. The van der Waals surface area contributed by atoms with Crippen LogP contribution in [0.25, 0.3) is 0 Å². The molecule has 98 valence electrons. The van der Waals surface area contributed by atoms with Crippen molar-refractivity contribution in [1.29, 1.82) is 0 Å². The molecule has 0 amide bonds. The Kier molecular flexibility index (Phi) is 4.51. The van der Waals surface area contributed by atoms with Gasteiger partial charge >= 0.3 is 6.18 Å². The number of halogens is 3. The van der Waals surface area contributed by atoms with Gasteiger partial charge in [-0.2, -0.15) is 13.2 Å². The standard InChI is InChI=1S/C10H15F3N2OS/c1-9(2,14)3-7-5-17-8(15-7)4-16-6-10(11,12)13/h5H,3-4,6,14H2,1-2H3. The molecule has 0 aliphatic heterocycles. The van der Waals surface area contributed by atoms with E-state index in [2.05, 4.69) is 9.72 Å². The van der Waals surface area contributed by atoms with Crippen molar-refractivity contribution < 1.29 is 17.9 Å². The molecule has 0 atom stereocenters. The maximum absolute atomic E-state index is 11.8. The summed E-state index contributed by atoms with van der Waals surface area (Å²) < 4.78 is 40.0. The van der Waals surface area contributed by atoms with E-state index < -0.39 is 12.8 Å². The van der Waals surface area contributed by atoms with Gasteiger partial charge in [0.15, 0.2) is 0 Å². The minimum Gasteiger partial charge on any atom is -0.365 e. The molecular formula is C10H15F3N2OS. The molecule has 17 heavy (non-hydrogen) atoms. The molecule has 0 aliphatic carbocycles. The Bertz CT molecular complexity index is 357. The number of nitrogens with two attached hydrogens (primary N) is 1. The van der Waals surface area contributed by atoms with Crippen LogP contribution in [0.1, 0.15) is 24.5 Å². The summed E-state index contributed by atoms with van der Waals surface area (Å²) in [6.45, 7) is 2.37. The van der Waals surface area contributed by atoms with E-state index in [-0.39, 0.29) is 12.1 Å². The number of thiazole rings is 1. The zero-order chi connectivity index (χ0) is 13.1. The van der Waals surface area contributed by atoms with E-state index in [1.54, 1.807) is 5.38 Å². The predicted molar refractivity (Wildman–Crippen MR) is 59.8 cm³/mol. The molecule has 0 bridgehead atoms. The van der Waals surface area contributed by atoms with Crippen LogP contribution in [-0.2, 0) is 17.8 Å². The Hall–Kier alpha value is -0.660. The van der Waals surface area contributed by atoms with Gasteiger partial charge in [-0.25, -0.2) is 4.98 Å². The summed E-state index contributed by atoms with van der Waals surface area (Å²) in [4.78, 5) is 4.16. The van der Waals surface area contributed by atoms with Gasteiger partial charge in [0.25, 0.3) is 0 Å². The molecule has 0 saturated heterocycles. The minimum absolute atomic E-state index is 0.116. The lowest BCUT2D eigenvalue weighted by Gasteiger charge is -2.16. The van der Waals surface area contributed by atoms with Crippen molar-refractivity contribution in [2.75, 3.05) is 6.61 Å². The molecule has 0 saturated carbocycles.